The second-order valence-electron chi connectivity index (χ2n) is 10.1. The smallest absolute Gasteiger partial charge is 0.464 e. The molecule has 0 saturated carbocycles. The number of hydrogen-bond donors (Lipinski definition) is 2. The van der Waals surface area contributed by atoms with Crippen LogP contribution in [0, 0.1) is 17.2 Å². The van der Waals surface area contributed by atoms with E-state index in [0.29, 0.717) is 24.2 Å². The zero-order chi connectivity index (χ0) is 28.4. The Bertz CT molecular complexity index is 1250. The molecular formula is C25H36N6O7P+. The Labute approximate surface area is 228 Å². The minimum atomic E-state index is -2.46. The zero-order valence-corrected chi connectivity index (χ0v) is 23.7. The number of esters is 1. The summed E-state index contributed by atoms with van der Waals surface area (Å²) >= 11 is 0. The maximum atomic E-state index is 12.8. The third-order valence-corrected chi connectivity index (χ3v) is 8.09. The normalized spacial score (nSPS) is 26.9. The largest absolute Gasteiger partial charge is 0.613 e. The highest BCUT2D eigenvalue weighted by Crippen LogP contribution is 2.49. The van der Waals surface area contributed by atoms with Crippen LogP contribution < -0.4 is 10.8 Å². The first-order valence-corrected chi connectivity index (χ1v) is 14.3. The number of fused-ring (bicyclic) bond motifs is 2. The Balaban J connectivity index is 1.48. The predicted octanol–water partition coefficient (Wildman–Crippen LogP) is 2.97. The van der Waals surface area contributed by atoms with Crippen LogP contribution >= 0.6 is 8.18 Å². The molecule has 6 atom stereocenters. The Morgan fingerprint density at radius 2 is 2.00 bits per heavy atom. The highest BCUT2D eigenvalue weighted by atomic mass is 31.1. The molecule has 0 radical (unpaired) electrons. The summed E-state index contributed by atoms with van der Waals surface area (Å²) in [4.78, 5) is 16.5. The van der Waals surface area contributed by atoms with E-state index in [9.17, 15) is 14.6 Å². The van der Waals surface area contributed by atoms with Crippen molar-refractivity contribution in [2.24, 2.45) is 5.92 Å². The molecule has 14 heteroatoms. The van der Waals surface area contributed by atoms with E-state index in [1.54, 1.807) is 32.9 Å². The number of rotatable bonds is 12. The lowest BCUT2D eigenvalue weighted by molar-refractivity contribution is -0.203. The number of nitriles is 1. The van der Waals surface area contributed by atoms with E-state index >= 15 is 0 Å². The van der Waals surface area contributed by atoms with Crippen molar-refractivity contribution in [1.29, 1.82) is 5.26 Å². The Morgan fingerprint density at radius 1 is 1.26 bits per heavy atom. The number of nitrogens with one attached hydrogen (secondary N) is 1. The number of hydrogen-bond acceptors (Lipinski definition) is 11. The van der Waals surface area contributed by atoms with E-state index in [0.717, 1.165) is 12.8 Å². The van der Waals surface area contributed by atoms with Gasteiger partial charge in [-0.2, -0.15) is 10.4 Å². The fourth-order valence-corrected chi connectivity index (χ4v) is 5.81. The molecule has 0 spiro atoms. The van der Waals surface area contributed by atoms with Crippen molar-refractivity contribution in [2.75, 3.05) is 18.9 Å². The van der Waals surface area contributed by atoms with Gasteiger partial charge in [0.05, 0.1) is 12.3 Å². The molecule has 2 aromatic heterocycles. The SMILES string of the molecule is CCC(CC)COC(=O)[C@H](CC)N[P+](=O)OC[C@H]1O[C@@](C#N)(c2ccc3c(N)ncnn23)[C@@H]2OC(C)(C)O[C@@H]21. The number of aromatic nitrogens is 3. The highest BCUT2D eigenvalue weighted by Gasteiger charge is 2.65. The van der Waals surface area contributed by atoms with E-state index in [4.69, 9.17) is 29.2 Å². The molecular weight excluding hydrogens is 527 g/mol. The Kier molecular flexibility index (Phi) is 8.85. The summed E-state index contributed by atoms with van der Waals surface area (Å²) in [5.41, 5.74) is 5.26. The van der Waals surface area contributed by atoms with Gasteiger partial charge in [-0.05, 0) is 42.9 Å². The zero-order valence-electron chi connectivity index (χ0n) is 22.8. The molecule has 0 bridgehead atoms. The molecule has 212 valence electrons. The maximum absolute atomic E-state index is 12.8. The first-order valence-electron chi connectivity index (χ1n) is 13.1. The van der Waals surface area contributed by atoms with Crippen molar-refractivity contribution in [3.05, 3.63) is 24.2 Å². The van der Waals surface area contributed by atoms with Gasteiger partial charge < -0.3 is 24.7 Å². The van der Waals surface area contributed by atoms with Crippen LogP contribution in [0.5, 0.6) is 0 Å². The number of anilines is 1. The van der Waals surface area contributed by atoms with E-state index in [-0.39, 0.29) is 18.3 Å². The monoisotopic (exact) mass is 563 g/mol. The van der Waals surface area contributed by atoms with Gasteiger partial charge in [-0.1, -0.05) is 38.7 Å². The van der Waals surface area contributed by atoms with Crippen molar-refractivity contribution in [3.63, 3.8) is 0 Å². The maximum Gasteiger partial charge on any atom is 0.613 e. The van der Waals surface area contributed by atoms with Crippen LogP contribution in [0.3, 0.4) is 0 Å². The predicted molar refractivity (Wildman–Crippen MR) is 139 cm³/mol. The van der Waals surface area contributed by atoms with Crippen LogP contribution in [0.25, 0.3) is 5.52 Å². The van der Waals surface area contributed by atoms with Crippen LogP contribution in [-0.2, 0) is 38.4 Å². The summed E-state index contributed by atoms with van der Waals surface area (Å²) in [5.74, 6) is -0.961. The van der Waals surface area contributed by atoms with Gasteiger partial charge in [0.15, 0.2) is 17.6 Å². The second kappa shape index (κ2) is 11.8. The van der Waals surface area contributed by atoms with Gasteiger partial charge in [-0.15, -0.1) is 4.52 Å². The molecule has 39 heavy (non-hydrogen) atoms. The lowest BCUT2D eigenvalue weighted by atomic mass is 9.92. The molecule has 2 aliphatic heterocycles. The van der Waals surface area contributed by atoms with Crippen molar-refractivity contribution < 1.29 is 32.8 Å². The summed E-state index contributed by atoms with van der Waals surface area (Å²) < 4.78 is 43.8. The number of carbonyl (C=O) groups excluding carboxylic acids is 1. The molecule has 2 saturated heterocycles. The van der Waals surface area contributed by atoms with Crippen molar-refractivity contribution in [2.45, 2.75) is 89.6 Å². The molecule has 3 N–H and O–H groups in total. The van der Waals surface area contributed by atoms with Gasteiger partial charge >= 0.3 is 14.1 Å². The minimum absolute atomic E-state index is 0.189. The third kappa shape index (κ3) is 5.77. The lowest BCUT2D eigenvalue weighted by Crippen LogP contribution is -2.40. The summed E-state index contributed by atoms with van der Waals surface area (Å²) in [6.45, 7) is 9.48. The molecule has 0 amide bonds. The molecule has 2 aliphatic rings. The van der Waals surface area contributed by atoms with Crippen molar-refractivity contribution in [3.8, 4) is 6.07 Å². The highest BCUT2D eigenvalue weighted by molar-refractivity contribution is 7.36. The molecule has 0 aromatic carbocycles. The van der Waals surface area contributed by atoms with Crippen LogP contribution in [-0.4, -0.2) is 63.9 Å². The Hall–Kier alpha value is -2.72. The summed E-state index contributed by atoms with van der Waals surface area (Å²) in [7, 11) is -2.46. The van der Waals surface area contributed by atoms with E-state index in [1.165, 1.54) is 10.8 Å². The molecule has 1 unspecified atom stereocenters. The molecule has 2 aromatic rings. The summed E-state index contributed by atoms with van der Waals surface area (Å²) in [6.07, 6.45) is 1.10. The summed E-state index contributed by atoms with van der Waals surface area (Å²) in [5, 5.41) is 17.4. The van der Waals surface area contributed by atoms with Crippen molar-refractivity contribution in [1.82, 2.24) is 19.7 Å². The van der Waals surface area contributed by atoms with Gasteiger partial charge in [0, 0.05) is 0 Å². The number of ether oxygens (including phenoxy) is 4. The van der Waals surface area contributed by atoms with Gasteiger partial charge in [0.2, 0.25) is 5.60 Å². The van der Waals surface area contributed by atoms with Gasteiger partial charge in [-0.25, -0.2) is 9.50 Å². The van der Waals surface area contributed by atoms with E-state index in [2.05, 4.69) is 21.2 Å². The lowest BCUT2D eigenvalue weighted by Gasteiger charge is -2.28. The average Bonchev–Trinajstić information content (AvgIpc) is 3.57. The molecule has 0 aliphatic carbocycles. The molecule has 2 fully saturated rings. The average molecular weight is 564 g/mol. The number of nitrogens with two attached hydrogens (primary N) is 1. The summed E-state index contributed by atoms with van der Waals surface area (Å²) in [6, 6.07) is 4.84. The van der Waals surface area contributed by atoms with E-state index < -0.39 is 49.9 Å². The number of carbonyl (C=O) groups is 1. The number of nitrogen functional groups attached to an aromatic ring is 1. The first-order chi connectivity index (χ1) is 18.6. The van der Waals surface area contributed by atoms with Crippen LogP contribution in [0.4, 0.5) is 5.82 Å². The molecule has 4 rings (SSSR count). The quantitative estimate of drug-likeness (QED) is 0.286. The molecule has 4 heterocycles. The second-order valence-corrected chi connectivity index (χ2v) is 11.2. The van der Waals surface area contributed by atoms with Crippen LogP contribution in [0.2, 0.25) is 0 Å². The van der Waals surface area contributed by atoms with Crippen LogP contribution in [0.1, 0.15) is 59.6 Å². The number of nitrogens with zero attached hydrogens (tertiary/aromatic N) is 4. The first kappa shape index (κ1) is 29.3. The molecule has 13 nitrogen and oxygen atoms in total. The van der Waals surface area contributed by atoms with Gasteiger partial charge in [0.25, 0.3) is 0 Å². The van der Waals surface area contributed by atoms with E-state index in [1.807, 2.05) is 13.8 Å². The Morgan fingerprint density at radius 3 is 2.67 bits per heavy atom. The standard InChI is InChI=1S/C25H36N6O7P/c1-6-15(7-2)11-34-23(32)16(8-3)30-39(33)35-12-18-20-21(38-24(4,5)37-20)25(13-26,36-18)19-10-9-17-22(27)28-14-29-31(17)19/h9-10,14-16,18,20-21H,6-8,11-12H2,1-5H3,(H,30,33)(H2,27,28,29)/q+1/t16-,18+,20+,21+,25-/m0/s1. The topological polar surface area (TPSA) is 172 Å². The van der Waals surface area contributed by atoms with Crippen molar-refractivity contribution >= 4 is 25.5 Å². The van der Waals surface area contributed by atoms with Gasteiger partial charge in [0.1, 0.15) is 42.8 Å². The third-order valence-electron chi connectivity index (χ3n) is 7.19. The fourth-order valence-electron chi connectivity index (χ4n) is 4.91. The van der Waals surface area contributed by atoms with Gasteiger partial charge in [-0.3, -0.25) is 4.79 Å². The minimum Gasteiger partial charge on any atom is -0.464 e. The fraction of sp³-hybridized carbons (Fsp3) is 0.680. The van der Waals surface area contributed by atoms with Crippen LogP contribution in [0.15, 0.2) is 18.5 Å².